The molecule has 148 valence electrons. The van der Waals surface area contributed by atoms with E-state index in [0.29, 0.717) is 17.7 Å². The number of phenols is 1. The molecule has 0 aliphatic carbocycles. The lowest BCUT2D eigenvalue weighted by atomic mass is 10.0. The lowest BCUT2D eigenvalue weighted by Crippen LogP contribution is -2.12. The topological polar surface area (TPSA) is 77.9 Å². The summed E-state index contributed by atoms with van der Waals surface area (Å²) in [6.45, 7) is 7.85. The number of ether oxygens (including phenoxy) is 1. The summed E-state index contributed by atoms with van der Waals surface area (Å²) in [4.78, 5) is 4.45. The minimum absolute atomic E-state index is 0.0664. The molecular formula is C20H28NO5P. The molecule has 6 nitrogen and oxygen atoms in total. The molecule has 0 saturated heterocycles. The maximum absolute atomic E-state index is 13.6. The van der Waals surface area contributed by atoms with Gasteiger partial charge in [0, 0.05) is 18.3 Å². The Kier molecular flexibility index (Phi) is 7.42. The zero-order valence-electron chi connectivity index (χ0n) is 16.6. The van der Waals surface area contributed by atoms with Gasteiger partial charge in [0.1, 0.15) is 0 Å². The van der Waals surface area contributed by atoms with E-state index >= 15 is 0 Å². The molecule has 1 atom stereocenters. The van der Waals surface area contributed by atoms with Crippen LogP contribution in [0.2, 0.25) is 0 Å². The zero-order chi connectivity index (χ0) is 20.0. The van der Waals surface area contributed by atoms with Crippen LogP contribution in [0.25, 0.3) is 0 Å². The molecule has 0 bridgehead atoms. The number of aromatic hydroxyl groups is 1. The fraction of sp³-hybridized carbons (Fsp3) is 0.450. The smallest absolute Gasteiger partial charge is 0.338 e. The number of nitrogens with zero attached hydrogens (tertiary/aromatic N) is 1. The van der Waals surface area contributed by atoms with Gasteiger partial charge in [0.25, 0.3) is 0 Å². The molecule has 7 heteroatoms. The highest BCUT2D eigenvalue weighted by Gasteiger charge is 2.38. The molecule has 0 aliphatic rings. The molecule has 0 amide bonds. The molecule has 1 aromatic carbocycles. The van der Waals surface area contributed by atoms with Crippen LogP contribution in [0.15, 0.2) is 30.5 Å². The molecular weight excluding hydrogens is 365 g/mol. The van der Waals surface area contributed by atoms with E-state index in [2.05, 4.69) is 4.98 Å². The first-order valence-corrected chi connectivity index (χ1v) is 10.6. The van der Waals surface area contributed by atoms with Gasteiger partial charge in [0.15, 0.2) is 11.5 Å². The summed E-state index contributed by atoms with van der Waals surface area (Å²) in [6.07, 6.45) is 2.10. The second-order valence-corrected chi connectivity index (χ2v) is 8.47. The second-order valence-electron chi connectivity index (χ2n) is 6.25. The summed E-state index contributed by atoms with van der Waals surface area (Å²) in [5.41, 5.74) is 2.61. The number of aromatic nitrogens is 1. The molecule has 1 aromatic heterocycles. The highest BCUT2D eigenvalue weighted by Crippen LogP contribution is 2.62. The van der Waals surface area contributed by atoms with Crippen molar-refractivity contribution in [2.75, 3.05) is 20.3 Å². The lowest BCUT2D eigenvalue weighted by Gasteiger charge is -2.27. The molecule has 1 N–H and O–H groups in total. The molecule has 0 saturated carbocycles. The SMILES string of the molecule is CCOP(=O)(OCC)C(Cc1ncccc1C)c1cc(C)c(O)c(OC)c1. The van der Waals surface area contributed by atoms with E-state index in [1.807, 2.05) is 19.1 Å². The summed E-state index contributed by atoms with van der Waals surface area (Å²) in [6, 6.07) is 7.32. The fourth-order valence-electron chi connectivity index (χ4n) is 3.03. The number of hydrogen-bond donors (Lipinski definition) is 1. The molecule has 2 rings (SSSR count). The third-order valence-corrected chi connectivity index (χ3v) is 6.88. The van der Waals surface area contributed by atoms with Gasteiger partial charge in [-0.1, -0.05) is 12.1 Å². The third-order valence-electron chi connectivity index (χ3n) is 4.40. The highest BCUT2D eigenvalue weighted by molar-refractivity contribution is 7.54. The molecule has 0 spiro atoms. The molecule has 0 aliphatic heterocycles. The van der Waals surface area contributed by atoms with Crippen molar-refractivity contribution in [1.82, 2.24) is 4.98 Å². The van der Waals surface area contributed by atoms with Crippen LogP contribution >= 0.6 is 7.60 Å². The Labute approximate surface area is 161 Å². The van der Waals surface area contributed by atoms with Gasteiger partial charge in [-0.3, -0.25) is 9.55 Å². The van der Waals surface area contributed by atoms with Crippen molar-refractivity contribution in [1.29, 1.82) is 0 Å². The average molecular weight is 393 g/mol. The summed E-state index contributed by atoms with van der Waals surface area (Å²) in [7, 11) is -1.99. The molecule has 0 radical (unpaired) electrons. The number of methoxy groups -OCH3 is 1. The van der Waals surface area contributed by atoms with E-state index in [1.54, 1.807) is 39.1 Å². The van der Waals surface area contributed by atoms with Crippen molar-refractivity contribution in [3.8, 4) is 11.5 Å². The van der Waals surface area contributed by atoms with Crippen molar-refractivity contribution in [3.05, 3.63) is 52.8 Å². The Morgan fingerprint density at radius 2 is 1.81 bits per heavy atom. The van der Waals surface area contributed by atoms with E-state index < -0.39 is 13.3 Å². The lowest BCUT2D eigenvalue weighted by molar-refractivity contribution is 0.211. The van der Waals surface area contributed by atoms with E-state index in [9.17, 15) is 9.67 Å². The predicted molar refractivity (Wildman–Crippen MR) is 106 cm³/mol. The Balaban J connectivity index is 2.60. The Bertz CT molecular complexity index is 814. The molecule has 27 heavy (non-hydrogen) atoms. The van der Waals surface area contributed by atoms with Crippen LogP contribution in [0.4, 0.5) is 0 Å². The normalized spacial score (nSPS) is 12.8. The van der Waals surface area contributed by atoms with Gasteiger partial charge in [-0.25, -0.2) is 0 Å². The third kappa shape index (κ3) is 4.89. The maximum atomic E-state index is 13.6. The van der Waals surface area contributed by atoms with Crippen LogP contribution < -0.4 is 4.74 Å². The van der Waals surface area contributed by atoms with Crippen LogP contribution in [0.1, 0.15) is 41.9 Å². The average Bonchev–Trinajstić information content (AvgIpc) is 2.63. The molecule has 1 unspecified atom stereocenters. The van der Waals surface area contributed by atoms with Crippen molar-refractivity contribution in [2.24, 2.45) is 0 Å². The Morgan fingerprint density at radius 1 is 1.15 bits per heavy atom. The number of rotatable bonds is 9. The number of aryl methyl sites for hydroxylation is 2. The largest absolute Gasteiger partial charge is 0.504 e. The molecule has 1 heterocycles. The van der Waals surface area contributed by atoms with Gasteiger partial charge < -0.3 is 18.9 Å². The van der Waals surface area contributed by atoms with Crippen molar-refractivity contribution in [2.45, 2.75) is 39.8 Å². The van der Waals surface area contributed by atoms with Crippen LogP contribution in [-0.2, 0) is 20.0 Å². The molecule has 2 aromatic rings. The standard InChI is InChI=1S/C20H28NO5P/c1-6-25-27(23,26-7-2)19(13-17-14(3)9-8-10-21-17)16-11-15(4)20(22)18(12-16)24-5/h8-12,19,22H,6-7,13H2,1-5H3. The maximum Gasteiger partial charge on any atom is 0.338 e. The van der Waals surface area contributed by atoms with Gasteiger partial charge in [-0.2, -0.15) is 0 Å². The monoisotopic (exact) mass is 393 g/mol. The van der Waals surface area contributed by atoms with E-state index in [0.717, 1.165) is 16.8 Å². The van der Waals surface area contributed by atoms with Crippen LogP contribution in [0.3, 0.4) is 0 Å². The Morgan fingerprint density at radius 3 is 2.37 bits per heavy atom. The fourth-order valence-corrected chi connectivity index (χ4v) is 5.09. The van der Waals surface area contributed by atoms with Crippen molar-refractivity contribution in [3.63, 3.8) is 0 Å². The number of phenolic OH excluding ortho intramolecular Hbond substituents is 1. The van der Waals surface area contributed by atoms with E-state index in [-0.39, 0.29) is 19.0 Å². The summed E-state index contributed by atoms with van der Waals surface area (Å²) < 4.78 is 30.2. The first-order chi connectivity index (χ1) is 12.9. The zero-order valence-corrected chi connectivity index (χ0v) is 17.5. The van der Waals surface area contributed by atoms with Crippen molar-refractivity contribution < 1.29 is 23.5 Å². The predicted octanol–water partition coefficient (Wildman–Crippen LogP) is 4.96. The first kappa shape index (κ1) is 21.4. The van der Waals surface area contributed by atoms with Gasteiger partial charge in [0.05, 0.1) is 26.0 Å². The van der Waals surface area contributed by atoms with Gasteiger partial charge >= 0.3 is 7.60 Å². The number of hydrogen-bond acceptors (Lipinski definition) is 6. The summed E-state index contributed by atoms with van der Waals surface area (Å²) in [5.74, 6) is 0.393. The number of benzene rings is 1. The second kappa shape index (κ2) is 9.36. The molecule has 0 fully saturated rings. The minimum Gasteiger partial charge on any atom is -0.504 e. The quantitative estimate of drug-likeness (QED) is 0.607. The minimum atomic E-state index is -3.48. The van der Waals surface area contributed by atoms with Crippen LogP contribution in [0, 0.1) is 13.8 Å². The summed E-state index contributed by atoms with van der Waals surface area (Å²) >= 11 is 0. The first-order valence-electron chi connectivity index (χ1n) is 9.03. The Hall–Kier alpha value is -1.88. The van der Waals surface area contributed by atoms with Crippen LogP contribution in [-0.4, -0.2) is 30.4 Å². The van der Waals surface area contributed by atoms with Gasteiger partial charge in [-0.15, -0.1) is 0 Å². The van der Waals surface area contributed by atoms with E-state index in [4.69, 9.17) is 13.8 Å². The van der Waals surface area contributed by atoms with E-state index in [1.165, 1.54) is 7.11 Å². The number of pyridine rings is 1. The van der Waals surface area contributed by atoms with Gasteiger partial charge in [-0.05, 0) is 56.5 Å². The summed E-state index contributed by atoms with van der Waals surface area (Å²) in [5, 5.41) is 10.2. The van der Waals surface area contributed by atoms with Gasteiger partial charge in [0.2, 0.25) is 0 Å². The van der Waals surface area contributed by atoms with Crippen molar-refractivity contribution >= 4 is 7.60 Å². The van der Waals surface area contributed by atoms with Crippen LogP contribution in [0.5, 0.6) is 11.5 Å². The highest BCUT2D eigenvalue weighted by atomic mass is 31.2.